The molecule has 154 valence electrons. The highest BCUT2D eigenvalue weighted by Gasteiger charge is 2.23. The lowest BCUT2D eigenvalue weighted by atomic mass is 10.0. The van der Waals surface area contributed by atoms with Crippen LogP contribution in [-0.2, 0) is 11.3 Å². The highest BCUT2D eigenvalue weighted by molar-refractivity contribution is 5.85. The van der Waals surface area contributed by atoms with E-state index in [1.165, 1.54) is 7.11 Å². The van der Waals surface area contributed by atoms with Gasteiger partial charge in [-0.3, -0.25) is 9.69 Å². The van der Waals surface area contributed by atoms with Crippen LogP contribution in [0, 0.1) is 0 Å². The maximum absolute atomic E-state index is 12.6. The van der Waals surface area contributed by atoms with Crippen LogP contribution in [0.3, 0.4) is 0 Å². The average molecular weight is 408 g/mol. The number of alkyl halides is 2. The number of nitrogens with two attached hydrogens (primary N) is 1. The smallest absolute Gasteiger partial charge is 0.387 e. The van der Waals surface area contributed by atoms with Crippen LogP contribution in [0.2, 0.25) is 0 Å². The minimum absolute atomic E-state index is 0. The molecule has 1 heterocycles. The maximum atomic E-state index is 12.6. The summed E-state index contributed by atoms with van der Waals surface area (Å²) < 4.78 is 34.8. The first-order valence-electron chi connectivity index (χ1n) is 8.86. The summed E-state index contributed by atoms with van der Waals surface area (Å²) in [6, 6.07) is 5.28. The van der Waals surface area contributed by atoms with E-state index in [-0.39, 0.29) is 35.9 Å². The number of hydrogen-bond acceptors (Lipinski definition) is 5. The molecule has 27 heavy (non-hydrogen) atoms. The fourth-order valence-electron chi connectivity index (χ4n) is 3.19. The van der Waals surface area contributed by atoms with E-state index in [0.717, 1.165) is 31.4 Å². The van der Waals surface area contributed by atoms with Crippen molar-refractivity contribution < 1.29 is 23.0 Å². The predicted molar refractivity (Wildman–Crippen MR) is 102 cm³/mol. The molecule has 0 saturated carbocycles. The Bertz CT molecular complexity index is 593. The molecule has 1 fully saturated rings. The molecule has 9 heteroatoms. The zero-order valence-electron chi connectivity index (χ0n) is 15.5. The molecule has 0 bridgehead atoms. The number of nitrogens with one attached hydrogen (secondary N) is 1. The quantitative estimate of drug-likeness (QED) is 0.657. The van der Waals surface area contributed by atoms with E-state index in [9.17, 15) is 13.6 Å². The molecule has 1 aliphatic heterocycles. The topological polar surface area (TPSA) is 76.8 Å². The van der Waals surface area contributed by atoms with E-state index in [1.54, 1.807) is 12.1 Å². The highest BCUT2D eigenvalue weighted by atomic mass is 35.5. The lowest BCUT2D eigenvalue weighted by molar-refractivity contribution is -0.121. The van der Waals surface area contributed by atoms with E-state index in [4.69, 9.17) is 10.5 Å². The standard InChI is InChI=1S/C18H27F2N3O3.ClH/c1-25-15-6-5-13(10-16(15)26-18(19)20)12-23-9-3-2-4-14(23)11-22-17(24)7-8-21;/h5-6,10,14,18H,2-4,7-9,11-12,21H2,1H3,(H,22,24);1H. The minimum Gasteiger partial charge on any atom is -0.493 e. The van der Waals surface area contributed by atoms with E-state index in [1.807, 2.05) is 6.07 Å². The number of ether oxygens (including phenoxy) is 2. The van der Waals surface area contributed by atoms with Gasteiger partial charge in [0.1, 0.15) is 0 Å². The molecule has 1 amide bonds. The summed E-state index contributed by atoms with van der Waals surface area (Å²) in [7, 11) is 1.41. The first kappa shape index (κ1) is 23.4. The van der Waals surface area contributed by atoms with Crippen molar-refractivity contribution >= 4 is 18.3 Å². The fraction of sp³-hybridized carbons (Fsp3) is 0.611. The molecule has 1 saturated heterocycles. The number of nitrogens with zero attached hydrogens (tertiary/aromatic N) is 1. The number of benzene rings is 1. The number of carbonyl (C=O) groups excluding carboxylic acids is 1. The monoisotopic (exact) mass is 407 g/mol. The van der Waals surface area contributed by atoms with Crippen molar-refractivity contribution in [1.82, 2.24) is 10.2 Å². The van der Waals surface area contributed by atoms with Gasteiger partial charge in [-0.2, -0.15) is 8.78 Å². The van der Waals surface area contributed by atoms with Gasteiger partial charge in [0, 0.05) is 32.1 Å². The number of methoxy groups -OCH3 is 1. The summed E-state index contributed by atoms with van der Waals surface area (Å²) in [5.41, 5.74) is 6.26. The number of hydrogen-bond donors (Lipinski definition) is 2. The first-order valence-corrected chi connectivity index (χ1v) is 8.86. The van der Waals surface area contributed by atoms with Gasteiger partial charge in [-0.1, -0.05) is 12.5 Å². The molecule has 2 rings (SSSR count). The summed E-state index contributed by atoms with van der Waals surface area (Å²) >= 11 is 0. The third-order valence-corrected chi connectivity index (χ3v) is 4.49. The van der Waals surface area contributed by atoms with Crippen molar-refractivity contribution in [3.8, 4) is 11.5 Å². The van der Waals surface area contributed by atoms with Crippen LogP contribution in [0.15, 0.2) is 18.2 Å². The molecule has 0 aromatic heterocycles. The number of likely N-dealkylation sites (tertiary alicyclic amines) is 1. The summed E-state index contributed by atoms with van der Waals surface area (Å²) in [6.07, 6.45) is 3.49. The molecule has 1 aromatic rings. The number of carbonyl (C=O) groups is 1. The van der Waals surface area contributed by atoms with E-state index in [0.29, 0.717) is 26.1 Å². The van der Waals surface area contributed by atoms with Crippen molar-refractivity contribution in [2.24, 2.45) is 5.73 Å². The number of halogens is 3. The molecule has 0 aliphatic carbocycles. The number of piperidine rings is 1. The van der Waals surface area contributed by atoms with Gasteiger partial charge in [-0.15, -0.1) is 12.4 Å². The zero-order valence-corrected chi connectivity index (χ0v) is 16.3. The Morgan fingerprint density at radius 2 is 2.15 bits per heavy atom. The number of rotatable bonds is 9. The Labute approximate surface area is 164 Å². The normalized spacial score (nSPS) is 17.3. The van der Waals surface area contributed by atoms with Crippen LogP contribution in [0.25, 0.3) is 0 Å². The molecule has 1 aromatic carbocycles. The average Bonchev–Trinajstić information content (AvgIpc) is 2.61. The van der Waals surface area contributed by atoms with E-state index >= 15 is 0 Å². The Kier molecular flexibility index (Phi) is 10.4. The van der Waals surface area contributed by atoms with Gasteiger partial charge in [-0.05, 0) is 37.1 Å². The van der Waals surface area contributed by atoms with Crippen LogP contribution in [0.5, 0.6) is 11.5 Å². The third kappa shape index (κ3) is 7.48. The fourth-order valence-corrected chi connectivity index (χ4v) is 3.19. The minimum atomic E-state index is -2.90. The van der Waals surface area contributed by atoms with Gasteiger partial charge >= 0.3 is 6.61 Å². The van der Waals surface area contributed by atoms with E-state index < -0.39 is 6.61 Å². The molecule has 3 N–H and O–H groups in total. The summed E-state index contributed by atoms with van der Waals surface area (Å²) in [6.45, 7) is -0.510. The zero-order chi connectivity index (χ0) is 18.9. The summed E-state index contributed by atoms with van der Waals surface area (Å²) in [5, 5.41) is 2.92. The van der Waals surface area contributed by atoms with Crippen LogP contribution in [0.1, 0.15) is 31.2 Å². The second-order valence-electron chi connectivity index (χ2n) is 6.33. The highest BCUT2D eigenvalue weighted by Crippen LogP contribution is 2.30. The van der Waals surface area contributed by atoms with Gasteiger partial charge in [0.2, 0.25) is 5.91 Å². The van der Waals surface area contributed by atoms with E-state index in [2.05, 4.69) is 15.0 Å². The van der Waals surface area contributed by atoms with Crippen LogP contribution in [-0.4, -0.2) is 50.2 Å². The van der Waals surface area contributed by atoms with Crippen molar-refractivity contribution in [2.45, 2.75) is 44.9 Å². The Hall–Kier alpha value is -1.64. The largest absolute Gasteiger partial charge is 0.493 e. The molecule has 0 spiro atoms. The van der Waals surface area contributed by atoms with Crippen molar-refractivity contribution in [3.05, 3.63) is 23.8 Å². The van der Waals surface area contributed by atoms with Crippen molar-refractivity contribution in [2.75, 3.05) is 26.7 Å². The third-order valence-electron chi connectivity index (χ3n) is 4.49. The molecule has 6 nitrogen and oxygen atoms in total. The Balaban J connectivity index is 0.00000364. The molecular weight excluding hydrogens is 380 g/mol. The van der Waals surface area contributed by atoms with Gasteiger partial charge in [-0.25, -0.2) is 0 Å². The Morgan fingerprint density at radius 3 is 2.81 bits per heavy atom. The van der Waals surface area contributed by atoms with Gasteiger partial charge in [0.25, 0.3) is 0 Å². The molecule has 1 atom stereocenters. The van der Waals surface area contributed by atoms with Gasteiger partial charge in [0.15, 0.2) is 11.5 Å². The van der Waals surface area contributed by atoms with Gasteiger partial charge < -0.3 is 20.5 Å². The molecule has 0 radical (unpaired) electrons. The predicted octanol–water partition coefficient (Wildman–Crippen LogP) is 2.54. The van der Waals surface area contributed by atoms with Gasteiger partial charge in [0.05, 0.1) is 7.11 Å². The molecule has 1 unspecified atom stereocenters. The lowest BCUT2D eigenvalue weighted by Gasteiger charge is -2.36. The number of amides is 1. The maximum Gasteiger partial charge on any atom is 0.387 e. The van der Waals surface area contributed by atoms with Crippen LogP contribution >= 0.6 is 12.4 Å². The second kappa shape index (κ2) is 11.9. The lowest BCUT2D eigenvalue weighted by Crippen LogP contribution is -2.46. The van der Waals surface area contributed by atoms with Crippen LogP contribution < -0.4 is 20.5 Å². The van der Waals surface area contributed by atoms with Crippen LogP contribution in [0.4, 0.5) is 8.78 Å². The SMILES string of the molecule is COc1ccc(CN2CCCCC2CNC(=O)CCN)cc1OC(F)F.Cl. The Morgan fingerprint density at radius 1 is 1.37 bits per heavy atom. The molecular formula is C18H28ClF2N3O3. The second-order valence-corrected chi connectivity index (χ2v) is 6.33. The first-order chi connectivity index (χ1) is 12.5. The molecule has 1 aliphatic rings. The van der Waals surface area contributed by atoms with Crippen molar-refractivity contribution in [3.63, 3.8) is 0 Å². The summed E-state index contributed by atoms with van der Waals surface area (Å²) in [4.78, 5) is 13.9. The summed E-state index contributed by atoms with van der Waals surface area (Å²) in [5.74, 6) is 0.262. The van der Waals surface area contributed by atoms with Crippen molar-refractivity contribution in [1.29, 1.82) is 0 Å².